The third-order valence-electron chi connectivity index (χ3n) is 3.16. The molecule has 0 saturated heterocycles. The molecule has 2 nitrogen and oxygen atoms in total. The third kappa shape index (κ3) is 15.2. The lowest BCUT2D eigenvalue weighted by molar-refractivity contribution is -0.207. The molecule has 22 heavy (non-hydrogen) atoms. The molecule has 2 heteroatoms. The summed E-state index contributed by atoms with van der Waals surface area (Å²) in [7, 11) is 0. The van der Waals surface area contributed by atoms with Gasteiger partial charge in [-0.3, -0.25) is 0 Å². The molecular formula is C20H32O2. The second-order valence-electron chi connectivity index (χ2n) is 6.02. The highest BCUT2D eigenvalue weighted by Gasteiger charge is 2.19. The smallest absolute Gasteiger partial charge is 0.160 e. The van der Waals surface area contributed by atoms with E-state index in [9.17, 15) is 5.11 Å². The minimum absolute atomic E-state index is 0.0667. The van der Waals surface area contributed by atoms with Gasteiger partial charge in [-0.1, -0.05) is 56.9 Å². The Labute approximate surface area is 137 Å². The van der Waals surface area contributed by atoms with Crippen LogP contribution in [0, 0.1) is 23.7 Å². The van der Waals surface area contributed by atoms with Gasteiger partial charge in [0, 0.05) is 12.8 Å². The molecule has 0 fully saturated rings. The largest absolute Gasteiger partial charge is 0.366 e. The molecule has 0 spiro atoms. The van der Waals surface area contributed by atoms with Gasteiger partial charge in [0.05, 0.1) is 6.10 Å². The average Bonchev–Trinajstić information content (AvgIpc) is 2.44. The molecule has 0 aromatic rings. The van der Waals surface area contributed by atoms with Gasteiger partial charge in [0.2, 0.25) is 0 Å². The summed E-state index contributed by atoms with van der Waals surface area (Å²) in [5, 5.41) is 9.84. The number of ether oxygens (including phenoxy) is 1. The van der Waals surface area contributed by atoms with Crippen LogP contribution in [0.15, 0.2) is 12.7 Å². The molecule has 0 saturated carbocycles. The second kappa shape index (κ2) is 13.4. The fourth-order valence-electron chi connectivity index (χ4n) is 2.15. The van der Waals surface area contributed by atoms with E-state index in [1.165, 1.54) is 25.7 Å². The first kappa shape index (κ1) is 20.8. The minimum atomic E-state index is -1.08. The average molecular weight is 304 g/mol. The van der Waals surface area contributed by atoms with Crippen molar-refractivity contribution in [1.29, 1.82) is 0 Å². The fourth-order valence-corrected chi connectivity index (χ4v) is 2.15. The number of hydrogen-bond donors (Lipinski definition) is 1. The first-order valence-corrected chi connectivity index (χ1v) is 8.46. The zero-order valence-electron chi connectivity index (χ0n) is 14.6. The van der Waals surface area contributed by atoms with E-state index in [1.807, 2.05) is 0 Å². The van der Waals surface area contributed by atoms with Gasteiger partial charge in [0.1, 0.15) is 0 Å². The van der Waals surface area contributed by atoms with Crippen molar-refractivity contribution in [1.82, 2.24) is 0 Å². The van der Waals surface area contributed by atoms with E-state index in [2.05, 4.69) is 37.2 Å². The van der Waals surface area contributed by atoms with Gasteiger partial charge >= 0.3 is 0 Å². The van der Waals surface area contributed by atoms with Crippen LogP contribution in [-0.4, -0.2) is 17.0 Å². The Balaban J connectivity index is 4.13. The Morgan fingerprint density at radius 3 is 2.41 bits per heavy atom. The maximum absolute atomic E-state index is 9.84. The molecule has 0 rings (SSSR count). The van der Waals surface area contributed by atoms with Gasteiger partial charge in [-0.2, -0.15) is 0 Å². The summed E-state index contributed by atoms with van der Waals surface area (Å²) in [5.41, 5.74) is 0. The maximum atomic E-state index is 9.84. The van der Waals surface area contributed by atoms with E-state index < -0.39 is 5.79 Å². The van der Waals surface area contributed by atoms with Crippen molar-refractivity contribution in [2.75, 3.05) is 0 Å². The lowest BCUT2D eigenvalue weighted by atomic mass is 10.0. The van der Waals surface area contributed by atoms with Crippen LogP contribution in [0.2, 0.25) is 0 Å². The van der Waals surface area contributed by atoms with E-state index in [0.29, 0.717) is 6.42 Å². The fraction of sp³-hybridized carbons (Fsp3) is 0.700. The summed E-state index contributed by atoms with van der Waals surface area (Å²) in [5.74, 6) is 10.5. The summed E-state index contributed by atoms with van der Waals surface area (Å²) in [6.45, 7) is 9.20. The molecule has 0 amide bonds. The summed E-state index contributed by atoms with van der Waals surface area (Å²) in [6.07, 6.45) is 11.3. The second-order valence-corrected chi connectivity index (χ2v) is 6.02. The van der Waals surface area contributed by atoms with Crippen molar-refractivity contribution < 1.29 is 9.84 Å². The monoisotopic (exact) mass is 304 g/mol. The molecule has 0 heterocycles. The van der Waals surface area contributed by atoms with Crippen LogP contribution in [0.1, 0.15) is 78.6 Å². The third-order valence-corrected chi connectivity index (χ3v) is 3.16. The summed E-state index contributed by atoms with van der Waals surface area (Å²) < 4.78 is 5.73. The molecular weight excluding hydrogens is 272 g/mol. The zero-order valence-corrected chi connectivity index (χ0v) is 14.6. The van der Waals surface area contributed by atoms with E-state index in [4.69, 9.17) is 4.74 Å². The Morgan fingerprint density at radius 2 is 1.77 bits per heavy atom. The standard InChI is InChI=1S/C20H32O2/c1-5-7-9-11-12-14-16-18-19(22-20(3,4)21)17-15-13-10-8-6-2/h5,19,21H,1,6-8,10,13,15-18H2,2-4H3/t19-/m1/s1. The lowest BCUT2D eigenvalue weighted by Gasteiger charge is -2.26. The Bertz CT molecular complexity index is 395. The van der Waals surface area contributed by atoms with Crippen molar-refractivity contribution in [2.24, 2.45) is 0 Å². The van der Waals surface area contributed by atoms with Crippen molar-refractivity contribution in [3.63, 3.8) is 0 Å². The van der Waals surface area contributed by atoms with Crippen molar-refractivity contribution >= 4 is 0 Å². The van der Waals surface area contributed by atoms with Crippen LogP contribution < -0.4 is 0 Å². The number of aliphatic hydroxyl groups is 1. The van der Waals surface area contributed by atoms with Gasteiger partial charge in [0.25, 0.3) is 0 Å². The molecule has 0 aliphatic rings. The molecule has 124 valence electrons. The molecule has 1 atom stereocenters. The maximum Gasteiger partial charge on any atom is 0.160 e. The first-order valence-electron chi connectivity index (χ1n) is 8.46. The van der Waals surface area contributed by atoms with Crippen molar-refractivity contribution in [3.8, 4) is 23.7 Å². The quantitative estimate of drug-likeness (QED) is 0.256. The first-order chi connectivity index (χ1) is 10.5. The number of unbranched alkanes of at least 4 members (excludes halogenated alkanes) is 4. The summed E-state index contributed by atoms with van der Waals surface area (Å²) in [4.78, 5) is 0. The van der Waals surface area contributed by atoms with Crippen LogP contribution in [0.25, 0.3) is 0 Å². The van der Waals surface area contributed by atoms with Gasteiger partial charge in [-0.05, 0) is 38.5 Å². The molecule has 0 aliphatic carbocycles. The number of rotatable bonds is 11. The van der Waals surface area contributed by atoms with E-state index in [-0.39, 0.29) is 6.10 Å². The molecule has 0 aromatic heterocycles. The van der Waals surface area contributed by atoms with Crippen LogP contribution in [0.5, 0.6) is 0 Å². The molecule has 0 aliphatic heterocycles. The van der Waals surface area contributed by atoms with E-state index in [1.54, 1.807) is 19.9 Å². The van der Waals surface area contributed by atoms with Gasteiger partial charge in [-0.25, -0.2) is 0 Å². The summed E-state index contributed by atoms with van der Waals surface area (Å²) >= 11 is 0. The minimum Gasteiger partial charge on any atom is -0.366 e. The van der Waals surface area contributed by atoms with Crippen LogP contribution in [0.4, 0.5) is 0 Å². The molecule has 0 bridgehead atoms. The molecule has 0 radical (unpaired) electrons. The zero-order chi connectivity index (χ0) is 16.7. The number of hydrogen-bond acceptors (Lipinski definition) is 2. The normalized spacial score (nSPS) is 11.8. The Hall–Kier alpha value is -1.22. The van der Waals surface area contributed by atoms with Crippen LogP contribution >= 0.6 is 0 Å². The predicted molar refractivity (Wildman–Crippen MR) is 94.1 cm³/mol. The van der Waals surface area contributed by atoms with Gasteiger partial charge < -0.3 is 9.84 Å². The predicted octanol–water partition coefficient (Wildman–Crippen LogP) is 4.82. The van der Waals surface area contributed by atoms with Gasteiger partial charge in [0.15, 0.2) is 5.79 Å². The van der Waals surface area contributed by atoms with Crippen LogP contribution in [0.3, 0.4) is 0 Å². The topological polar surface area (TPSA) is 29.5 Å². The molecule has 1 N–H and O–H groups in total. The lowest BCUT2D eigenvalue weighted by Crippen LogP contribution is -2.30. The van der Waals surface area contributed by atoms with Crippen molar-refractivity contribution in [3.05, 3.63) is 12.7 Å². The highest BCUT2D eigenvalue weighted by molar-refractivity contribution is 5.26. The van der Waals surface area contributed by atoms with Gasteiger partial charge in [-0.15, -0.1) is 6.58 Å². The Kier molecular flexibility index (Phi) is 12.7. The SMILES string of the molecule is C=CCC#CC#CCC[C@@H](CCCCCCC)OC(C)(C)O. The van der Waals surface area contributed by atoms with Crippen molar-refractivity contribution in [2.45, 2.75) is 90.4 Å². The number of allylic oxidation sites excluding steroid dienone is 1. The highest BCUT2D eigenvalue weighted by atomic mass is 16.6. The molecule has 0 aromatic carbocycles. The summed E-state index contributed by atoms with van der Waals surface area (Å²) in [6, 6.07) is 0. The van der Waals surface area contributed by atoms with Crippen LogP contribution in [-0.2, 0) is 4.74 Å². The van der Waals surface area contributed by atoms with E-state index >= 15 is 0 Å². The van der Waals surface area contributed by atoms with E-state index in [0.717, 1.165) is 25.7 Å². The highest BCUT2D eigenvalue weighted by Crippen LogP contribution is 2.18. The molecule has 0 unspecified atom stereocenters. The Morgan fingerprint density at radius 1 is 1.09 bits per heavy atom.